The molecule has 2 N–H and O–H groups in total. The van der Waals surface area contributed by atoms with Gasteiger partial charge in [0.05, 0.1) is 10.5 Å². The number of Topliss-reactive ketones (excluding diaryl/α,β-unsaturated/α-hetero) is 1. The number of nitrogens with two attached hydrogens (primary N) is 1. The fourth-order valence-corrected chi connectivity index (χ4v) is 2.58. The summed E-state index contributed by atoms with van der Waals surface area (Å²) in [6.45, 7) is 9.08. The van der Waals surface area contributed by atoms with E-state index in [0.717, 1.165) is 0 Å². The van der Waals surface area contributed by atoms with Gasteiger partial charge in [-0.3, -0.25) is 4.79 Å². The number of carbonyl (C=O) groups is 1. The van der Waals surface area contributed by atoms with Crippen molar-refractivity contribution in [3.8, 4) is 0 Å². The second-order valence-electron chi connectivity index (χ2n) is 5.73. The largest absolute Gasteiger partial charge is 0.330 e. The Kier molecular flexibility index (Phi) is 5.81. The van der Waals surface area contributed by atoms with Crippen molar-refractivity contribution in [3.63, 3.8) is 0 Å². The molecule has 0 bridgehead atoms. The molecular weight excluding hydrogens is 238 g/mol. The lowest BCUT2D eigenvalue weighted by molar-refractivity contribution is -0.123. The number of ketones is 1. The SMILES string of the molecule is CC(C)C(CN)C(=O)CCS(=O)(=O)C(C)(C)C. The van der Waals surface area contributed by atoms with E-state index in [1.165, 1.54) is 0 Å². The number of sulfone groups is 1. The lowest BCUT2D eigenvalue weighted by Gasteiger charge is -2.21. The van der Waals surface area contributed by atoms with Crippen molar-refractivity contribution in [3.05, 3.63) is 0 Å². The second kappa shape index (κ2) is 5.96. The molecule has 0 aliphatic carbocycles. The number of rotatable bonds is 6. The Hall–Kier alpha value is -0.420. The molecule has 5 heteroatoms. The standard InChI is InChI=1S/C12H25NO3S/c1-9(2)10(8-13)11(14)6-7-17(15,16)12(3,4)5/h9-10H,6-8,13H2,1-5H3. The van der Waals surface area contributed by atoms with Crippen LogP contribution in [-0.4, -0.2) is 31.2 Å². The minimum Gasteiger partial charge on any atom is -0.330 e. The van der Waals surface area contributed by atoms with Crippen molar-refractivity contribution in [2.75, 3.05) is 12.3 Å². The van der Waals surface area contributed by atoms with Crippen molar-refractivity contribution in [1.82, 2.24) is 0 Å². The van der Waals surface area contributed by atoms with Crippen LogP contribution in [0.1, 0.15) is 41.0 Å². The zero-order chi connectivity index (χ0) is 13.9. The Morgan fingerprint density at radius 3 is 2.00 bits per heavy atom. The molecule has 1 unspecified atom stereocenters. The summed E-state index contributed by atoms with van der Waals surface area (Å²) in [7, 11) is -3.22. The smallest absolute Gasteiger partial charge is 0.155 e. The predicted molar refractivity (Wildman–Crippen MR) is 70.5 cm³/mol. The molecule has 0 aliphatic heterocycles. The fourth-order valence-electron chi connectivity index (χ4n) is 1.50. The summed E-state index contributed by atoms with van der Waals surface area (Å²) in [6.07, 6.45) is 0.0691. The van der Waals surface area contributed by atoms with Crippen molar-refractivity contribution in [2.24, 2.45) is 17.6 Å². The van der Waals surface area contributed by atoms with Gasteiger partial charge >= 0.3 is 0 Å². The van der Waals surface area contributed by atoms with E-state index in [1.807, 2.05) is 13.8 Å². The first-order valence-electron chi connectivity index (χ1n) is 5.98. The Balaban J connectivity index is 4.55. The summed E-state index contributed by atoms with van der Waals surface area (Å²) in [5.74, 6) is -0.205. The topological polar surface area (TPSA) is 77.2 Å². The normalized spacial score (nSPS) is 15.0. The van der Waals surface area contributed by atoms with Gasteiger partial charge in [-0.25, -0.2) is 8.42 Å². The third kappa shape index (κ3) is 4.76. The summed E-state index contributed by atoms with van der Waals surface area (Å²) in [6, 6.07) is 0. The summed E-state index contributed by atoms with van der Waals surface area (Å²) in [5, 5.41) is 0. The summed E-state index contributed by atoms with van der Waals surface area (Å²) >= 11 is 0. The molecule has 1 atom stereocenters. The first-order valence-corrected chi connectivity index (χ1v) is 7.63. The van der Waals surface area contributed by atoms with E-state index in [4.69, 9.17) is 5.73 Å². The van der Waals surface area contributed by atoms with E-state index in [1.54, 1.807) is 20.8 Å². The van der Waals surface area contributed by atoms with Gasteiger partial charge in [-0.05, 0) is 26.7 Å². The van der Waals surface area contributed by atoms with Gasteiger partial charge < -0.3 is 5.73 Å². The lowest BCUT2D eigenvalue weighted by atomic mass is 9.90. The van der Waals surface area contributed by atoms with Crippen LogP contribution in [0.25, 0.3) is 0 Å². The molecule has 0 fully saturated rings. The van der Waals surface area contributed by atoms with Crippen LogP contribution in [0.5, 0.6) is 0 Å². The molecule has 4 nitrogen and oxygen atoms in total. The molecule has 0 aromatic rings. The maximum absolute atomic E-state index is 11.9. The number of carbonyl (C=O) groups excluding carboxylic acids is 1. The van der Waals surface area contributed by atoms with Crippen molar-refractivity contribution >= 4 is 15.6 Å². The van der Waals surface area contributed by atoms with Crippen LogP contribution in [0.3, 0.4) is 0 Å². The minimum absolute atomic E-state index is 0.0460. The van der Waals surface area contributed by atoms with Gasteiger partial charge in [-0.1, -0.05) is 13.8 Å². The van der Waals surface area contributed by atoms with Gasteiger partial charge in [-0.15, -0.1) is 0 Å². The molecule has 0 spiro atoms. The van der Waals surface area contributed by atoms with Crippen molar-refractivity contribution in [2.45, 2.75) is 45.8 Å². The average Bonchev–Trinajstić information content (AvgIpc) is 2.13. The highest BCUT2D eigenvalue weighted by Crippen LogP contribution is 2.19. The van der Waals surface area contributed by atoms with Crippen LogP contribution in [-0.2, 0) is 14.6 Å². The van der Waals surface area contributed by atoms with E-state index in [2.05, 4.69) is 0 Å². The first-order chi connectivity index (χ1) is 7.53. The Labute approximate surface area is 105 Å². The molecule has 0 aliphatic rings. The van der Waals surface area contributed by atoms with Gasteiger partial charge in [0.25, 0.3) is 0 Å². The van der Waals surface area contributed by atoms with E-state index >= 15 is 0 Å². The lowest BCUT2D eigenvalue weighted by Crippen LogP contribution is -2.34. The molecule has 0 heterocycles. The monoisotopic (exact) mass is 263 g/mol. The Morgan fingerprint density at radius 1 is 1.24 bits per heavy atom. The molecule has 17 heavy (non-hydrogen) atoms. The van der Waals surface area contributed by atoms with Gasteiger partial charge in [0.2, 0.25) is 0 Å². The summed E-state index contributed by atoms with van der Waals surface area (Å²) in [4.78, 5) is 11.8. The number of hydrogen-bond acceptors (Lipinski definition) is 4. The highest BCUT2D eigenvalue weighted by Gasteiger charge is 2.30. The Morgan fingerprint density at radius 2 is 1.71 bits per heavy atom. The van der Waals surface area contributed by atoms with E-state index in [0.29, 0.717) is 0 Å². The molecule has 0 saturated carbocycles. The molecular formula is C12H25NO3S. The van der Waals surface area contributed by atoms with E-state index < -0.39 is 14.6 Å². The quantitative estimate of drug-likeness (QED) is 0.785. The zero-order valence-electron chi connectivity index (χ0n) is 11.5. The van der Waals surface area contributed by atoms with Crippen LogP contribution in [0, 0.1) is 11.8 Å². The third-order valence-electron chi connectivity index (χ3n) is 3.02. The molecule has 0 aromatic heterocycles. The van der Waals surface area contributed by atoms with Gasteiger partial charge in [0.15, 0.2) is 9.84 Å². The van der Waals surface area contributed by atoms with Gasteiger partial charge in [0.1, 0.15) is 5.78 Å². The molecule has 0 radical (unpaired) electrons. The third-order valence-corrected chi connectivity index (χ3v) is 5.63. The molecule has 0 amide bonds. The summed E-state index contributed by atoms with van der Waals surface area (Å²) in [5.41, 5.74) is 5.53. The molecule has 102 valence electrons. The second-order valence-corrected chi connectivity index (χ2v) is 8.60. The molecule has 0 aromatic carbocycles. The van der Waals surface area contributed by atoms with Crippen LogP contribution in [0.15, 0.2) is 0 Å². The summed E-state index contributed by atoms with van der Waals surface area (Å²) < 4.78 is 22.9. The number of hydrogen-bond donors (Lipinski definition) is 1. The van der Waals surface area contributed by atoms with Crippen LogP contribution >= 0.6 is 0 Å². The van der Waals surface area contributed by atoms with Crippen molar-refractivity contribution < 1.29 is 13.2 Å². The van der Waals surface area contributed by atoms with Crippen molar-refractivity contribution in [1.29, 1.82) is 0 Å². The van der Waals surface area contributed by atoms with Gasteiger partial charge in [0, 0.05) is 18.9 Å². The fraction of sp³-hybridized carbons (Fsp3) is 0.917. The minimum atomic E-state index is -3.22. The van der Waals surface area contributed by atoms with Crippen LogP contribution < -0.4 is 5.73 Å². The van der Waals surface area contributed by atoms with Crippen LogP contribution in [0.2, 0.25) is 0 Å². The zero-order valence-corrected chi connectivity index (χ0v) is 12.3. The predicted octanol–water partition coefficient (Wildman–Crippen LogP) is 1.39. The molecule has 0 saturated heterocycles. The maximum Gasteiger partial charge on any atom is 0.155 e. The van der Waals surface area contributed by atoms with E-state index in [-0.39, 0.29) is 36.3 Å². The highest BCUT2D eigenvalue weighted by molar-refractivity contribution is 7.92. The molecule has 0 rings (SSSR count). The Bertz CT molecular complexity index is 352. The average molecular weight is 263 g/mol. The van der Waals surface area contributed by atoms with E-state index in [9.17, 15) is 13.2 Å². The first kappa shape index (κ1) is 16.6. The van der Waals surface area contributed by atoms with Crippen LogP contribution in [0.4, 0.5) is 0 Å². The highest BCUT2D eigenvalue weighted by atomic mass is 32.2. The van der Waals surface area contributed by atoms with Gasteiger partial charge in [-0.2, -0.15) is 0 Å². The maximum atomic E-state index is 11.9.